The van der Waals surface area contributed by atoms with E-state index in [0.29, 0.717) is 37.7 Å². The first-order valence-electron chi connectivity index (χ1n) is 7.51. The van der Waals surface area contributed by atoms with Gasteiger partial charge in [0, 0.05) is 38.1 Å². The zero-order valence-electron chi connectivity index (χ0n) is 12.9. The molecule has 0 spiro atoms. The quantitative estimate of drug-likeness (QED) is 0.937. The normalized spacial score (nSPS) is 16.2. The Morgan fingerprint density at radius 1 is 1.35 bits per heavy atom. The average Bonchev–Trinajstić information content (AvgIpc) is 3.00. The average molecular weight is 318 g/mol. The molecule has 0 aliphatic carbocycles. The van der Waals surface area contributed by atoms with E-state index in [1.807, 2.05) is 7.05 Å². The number of aryl methyl sites for hydroxylation is 1. The molecule has 1 aliphatic rings. The van der Waals surface area contributed by atoms with Gasteiger partial charge in [-0.15, -0.1) is 0 Å². The molecule has 122 valence electrons. The predicted molar refractivity (Wildman–Crippen MR) is 82.4 cm³/mol. The molecule has 1 aliphatic heterocycles. The lowest BCUT2D eigenvalue weighted by Crippen LogP contribution is -2.47. The van der Waals surface area contributed by atoms with E-state index in [1.165, 1.54) is 6.07 Å². The standard InChI is InChI=1S/C16H19FN4O2/c1-20-7-6-18-15(20)14(12-4-2-3-5-13(12)17)19-16(22)21-8-10-23-11-9-21/h2-7,14H,8-11H2,1H3,(H,19,22). The largest absolute Gasteiger partial charge is 0.378 e. The molecule has 2 heterocycles. The summed E-state index contributed by atoms with van der Waals surface area (Å²) in [5.74, 6) is 0.208. The van der Waals surface area contributed by atoms with Crippen LogP contribution in [0.15, 0.2) is 36.7 Å². The van der Waals surface area contributed by atoms with Gasteiger partial charge in [0.1, 0.15) is 17.7 Å². The number of imidazole rings is 1. The highest BCUT2D eigenvalue weighted by Gasteiger charge is 2.26. The van der Waals surface area contributed by atoms with Gasteiger partial charge >= 0.3 is 6.03 Å². The van der Waals surface area contributed by atoms with Gasteiger partial charge in [-0.1, -0.05) is 18.2 Å². The zero-order chi connectivity index (χ0) is 16.2. The minimum absolute atomic E-state index is 0.246. The minimum atomic E-state index is -0.647. The molecule has 1 N–H and O–H groups in total. The van der Waals surface area contributed by atoms with Crippen LogP contribution in [-0.4, -0.2) is 46.8 Å². The summed E-state index contributed by atoms with van der Waals surface area (Å²) in [6.07, 6.45) is 3.40. The summed E-state index contributed by atoms with van der Waals surface area (Å²) in [7, 11) is 1.82. The van der Waals surface area contributed by atoms with Gasteiger partial charge in [-0.05, 0) is 6.07 Å². The van der Waals surface area contributed by atoms with Crippen LogP contribution in [-0.2, 0) is 11.8 Å². The van der Waals surface area contributed by atoms with Crippen molar-refractivity contribution in [2.24, 2.45) is 7.05 Å². The summed E-state index contributed by atoms with van der Waals surface area (Å²) in [4.78, 5) is 18.4. The molecule has 1 aromatic carbocycles. The molecule has 1 atom stereocenters. The highest BCUT2D eigenvalue weighted by atomic mass is 19.1. The maximum absolute atomic E-state index is 14.2. The van der Waals surface area contributed by atoms with Crippen molar-refractivity contribution < 1.29 is 13.9 Å². The van der Waals surface area contributed by atoms with Crippen LogP contribution in [0.5, 0.6) is 0 Å². The summed E-state index contributed by atoms with van der Waals surface area (Å²) in [6, 6.07) is 5.52. The molecule has 1 fully saturated rings. The van der Waals surface area contributed by atoms with E-state index in [-0.39, 0.29) is 11.8 Å². The molecule has 2 aromatic rings. The fraction of sp³-hybridized carbons (Fsp3) is 0.375. The summed E-state index contributed by atoms with van der Waals surface area (Å²) >= 11 is 0. The lowest BCUT2D eigenvalue weighted by Gasteiger charge is -2.29. The third-order valence-electron chi connectivity index (χ3n) is 3.90. The lowest BCUT2D eigenvalue weighted by molar-refractivity contribution is 0.0527. The number of nitrogens with one attached hydrogen (secondary N) is 1. The third-order valence-corrected chi connectivity index (χ3v) is 3.90. The Kier molecular flexibility index (Phi) is 4.57. The van der Waals surface area contributed by atoms with Crippen LogP contribution in [0, 0.1) is 5.82 Å². The Labute approximate surface area is 133 Å². The van der Waals surface area contributed by atoms with Crippen LogP contribution in [0.2, 0.25) is 0 Å². The van der Waals surface area contributed by atoms with E-state index in [4.69, 9.17) is 4.74 Å². The Hall–Kier alpha value is -2.41. The number of amides is 2. The number of carbonyl (C=O) groups excluding carboxylic acids is 1. The third kappa shape index (κ3) is 3.34. The van der Waals surface area contributed by atoms with E-state index in [2.05, 4.69) is 10.3 Å². The van der Waals surface area contributed by atoms with Crippen LogP contribution < -0.4 is 5.32 Å². The number of carbonyl (C=O) groups is 1. The van der Waals surface area contributed by atoms with Gasteiger partial charge in [-0.3, -0.25) is 0 Å². The van der Waals surface area contributed by atoms with Gasteiger partial charge in [-0.2, -0.15) is 0 Å². The van der Waals surface area contributed by atoms with E-state index in [9.17, 15) is 9.18 Å². The number of urea groups is 1. The number of hydrogen-bond acceptors (Lipinski definition) is 3. The number of nitrogens with zero attached hydrogens (tertiary/aromatic N) is 3. The molecule has 1 aromatic heterocycles. The van der Waals surface area contributed by atoms with Gasteiger partial charge in [0.15, 0.2) is 0 Å². The number of benzene rings is 1. The van der Waals surface area contributed by atoms with Crippen LogP contribution >= 0.6 is 0 Å². The van der Waals surface area contributed by atoms with Crippen molar-refractivity contribution in [1.29, 1.82) is 0 Å². The molecular formula is C16H19FN4O2. The van der Waals surface area contributed by atoms with Crippen LogP contribution in [0.3, 0.4) is 0 Å². The molecule has 7 heteroatoms. The van der Waals surface area contributed by atoms with E-state index >= 15 is 0 Å². The first kappa shape index (κ1) is 15.5. The van der Waals surface area contributed by atoms with E-state index in [1.54, 1.807) is 40.1 Å². The van der Waals surface area contributed by atoms with Gasteiger partial charge < -0.3 is 19.5 Å². The van der Waals surface area contributed by atoms with Crippen LogP contribution in [0.4, 0.5) is 9.18 Å². The Morgan fingerprint density at radius 3 is 2.74 bits per heavy atom. The monoisotopic (exact) mass is 318 g/mol. The highest BCUT2D eigenvalue weighted by molar-refractivity contribution is 5.75. The van der Waals surface area contributed by atoms with Crippen molar-refractivity contribution in [1.82, 2.24) is 19.8 Å². The number of aromatic nitrogens is 2. The van der Waals surface area contributed by atoms with Gasteiger partial charge in [0.2, 0.25) is 0 Å². The second-order valence-electron chi connectivity index (χ2n) is 5.40. The fourth-order valence-electron chi connectivity index (χ4n) is 2.63. The van der Waals surface area contributed by atoms with Crippen molar-refractivity contribution in [2.75, 3.05) is 26.3 Å². The molecule has 2 amide bonds. The molecule has 6 nitrogen and oxygen atoms in total. The second kappa shape index (κ2) is 6.78. The highest BCUT2D eigenvalue weighted by Crippen LogP contribution is 2.23. The van der Waals surface area contributed by atoms with Crippen molar-refractivity contribution in [3.63, 3.8) is 0 Å². The second-order valence-corrected chi connectivity index (χ2v) is 5.40. The van der Waals surface area contributed by atoms with Crippen molar-refractivity contribution in [3.8, 4) is 0 Å². The first-order valence-corrected chi connectivity index (χ1v) is 7.51. The topological polar surface area (TPSA) is 59.4 Å². The maximum atomic E-state index is 14.2. The smallest absolute Gasteiger partial charge is 0.318 e. The predicted octanol–water partition coefficient (Wildman–Crippen LogP) is 1.69. The van der Waals surface area contributed by atoms with Gasteiger partial charge in [-0.25, -0.2) is 14.2 Å². The number of ether oxygens (including phenoxy) is 1. The fourth-order valence-corrected chi connectivity index (χ4v) is 2.63. The molecule has 1 unspecified atom stereocenters. The number of rotatable bonds is 3. The Balaban J connectivity index is 1.88. The number of hydrogen-bond donors (Lipinski definition) is 1. The van der Waals surface area contributed by atoms with Crippen LogP contribution in [0.25, 0.3) is 0 Å². The summed E-state index contributed by atoms with van der Waals surface area (Å²) in [5.41, 5.74) is 0.392. The summed E-state index contributed by atoms with van der Waals surface area (Å²) < 4.78 is 21.3. The zero-order valence-corrected chi connectivity index (χ0v) is 12.9. The minimum Gasteiger partial charge on any atom is -0.378 e. The first-order chi connectivity index (χ1) is 11.2. The van der Waals surface area contributed by atoms with Crippen molar-refractivity contribution >= 4 is 6.03 Å². The molecule has 0 radical (unpaired) electrons. The van der Waals surface area contributed by atoms with Gasteiger partial charge in [0.05, 0.1) is 13.2 Å². The molecule has 3 rings (SSSR count). The molecular weight excluding hydrogens is 299 g/mol. The van der Waals surface area contributed by atoms with Gasteiger partial charge in [0.25, 0.3) is 0 Å². The molecule has 0 bridgehead atoms. The molecule has 1 saturated heterocycles. The number of morpholine rings is 1. The lowest BCUT2D eigenvalue weighted by atomic mass is 10.1. The summed E-state index contributed by atoms with van der Waals surface area (Å²) in [5, 5.41) is 2.90. The number of halogens is 1. The van der Waals surface area contributed by atoms with Crippen molar-refractivity contribution in [2.45, 2.75) is 6.04 Å². The van der Waals surface area contributed by atoms with E-state index in [0.717, 1.165) is 0 Å². The Morgan fingerprint density at radius 2 is 2.09 bits per heavy atom. The molecule has 23 heavy (non-hydrogen) atoms. The maximum Gasteiger partial charge on any atom is 0.318 e. The summed E-state index contributed by atoms with van der Waals surface area (Å²) in [6.45, 7) is 2.08. The van der Waals surface area contributed by atoms with Crippen molar-refractivity contribution in [3.05, 3.63) is 53.9 Å². The Bertz CT molecular complexity index is 682. The van der Waals surface area contributed by atoms with Crippen LogP contribution in [0.1, 0.15) is 17.4 Å². The van der Waals surface area contributed by atoms with E-state index < -0.39 is 6.04 Å². The SMILES string of the molecule is Cn1ccnc1C(NC(=O)N1CCOCC1)c1ccccc1F. The molecule has 0 saturated carbocycles.